The van der Waals surface area contributed by atoms with Gasteiger partial charge in [0.15, 0.2) is 5.52 Å². The van der Waals surface area contributed by atoms with Crippen LogP contribution in [0.15, 0.2) is 24.4 Å². The van der Waals surface area contributed by atoms with Gasteiger partial charge in [-0.3, -0.25) is 14.8 Å². The number of nitrogens with zero attached hydrogens (tertiary/aromatic N) is 3. The molecule has 0 spiro atoms. The monoisotopic (exact) mass is 191 g/mol. The Bertz CT molecular complexity index is 490. The lowest BCUT2D eigenvalue weighted by atomic mass is 10.2. The first-order chi connectivity index (χ1) is 6.72. The molecule has 0 aliphatic heterocycles. The van der Waals surface area contributed by atoms with E-state index in [-0.39, 0.29) is 5.69 Å². The van der Waals surface area contributed by atoms with Gasteiger partial charge in [0.2, 0.25) is 0 Å². The first-order valence-corrected chi connectivity index (χ1v) is 4.33. The van der Waals surface area contributed by atoms with E-state index in [2.05, 4.69) is 5.10 Å². The van der Waals surface area contributed by atoms with Crippen LogP contribution in [0.1, 0.15) is 6.92 Å². The van der Waals surface area contributed by atoms with E-state index in [1.165, 1.54) is 6.07 Å². The molecule has 0 amide bonds. The summed E-state index contributed by atoms with van der Waals surface area (Å²) >= 11 is 0. The van der Waals surface area contributed by atoms with Crippen LogP contribution in [0.4, 0.5) is 5.69 Å². The predicted molar refractivity (Wildman–Crippen MR) is 52.1 cm³/mol. The standard InChI is InChI=1S/C9H9N3O2/c1-2-11-6-7-4-3-5-8(12(13)14)9(7)10-11/h3-6H,2H2,1H3. The fraction of sp³-hybridized carbons (Fsp3) is 0.222. The first-order valence-electron chi connectivity index (χ1n) is 4.33. The maximum Gasteiger partial charge on any atom is 0.297 e. The van der Waals surface area contributed by atoms with Crippen molar-refractivity contribution in [3.63, 3.8) is 0 Å². The minimum atomic E-state index is -0.407. The minimum Gasteiger partial charge on any atom is -0.272 e. The molecule has 2 aromatic rings. The summed E-state index contributed by atoms with van der Waals surface area (Å²) in [5.41, 5.74) is 0.522. The van der Waals surface area contributed by atoms with E-state index in [1.54, 1.807) is 10.7 Å². The van der Waals surface area contributed by atoms with Crippen LogP contribution in [0.5, 0.6) is 0 Å². The molecule has 2 rings (SSSR count). The van der Waals surface area contributed by atoms with E-state index in [4.69, 9.17) is 0 Å². The molecule has 1 aromatic carbocycles. The highest BCUT2D eigenvalue weighted by molar-refractivity contribution is 5.86. The average molecular weight is 191 g/mol. The molecule has 0 bridgehead atoms. The van der Waals surface area contributed by atoms with Crippen molar-refractivity contribution >= 4 is 16.6 Å². The second kappa shape index (κ2) is 3.10. The van der Waals surface area contributed by atoms with Crippen LogP contribution in [-0.2, 0) is 6.54 Å². The van der Waals surface area contributed by atoms with Crippen molar-refractivity contribution in [1.29, 1.82) is 0 Å². The Labute approximate surface area is 80.1 Å². The van der Waals surface area contributed by atoms with Crippen LogP contribution >= 0.6 is 0 Å². The highest BCUT2D eigenvalue weighted by atomic mass is 16.6. The molecule has 0 saturated heterocycles. The van der Waals surface area contributed by atoms with Gasteiger partial charge in [-0.2, -0.15) is 5.10 Å². The lowest BCUT2D eigenvalue weighted by Crippen LogP contribution is -1.94. The predicted octanol–water partition coefficient (Wildman–Crippen LogP) is 1.96. The van der Waals surface area contributed by atoms with Gasteiger partial charge in [0, 0.05) is 24.2 Å². The Kier molecular flexibility index (Phi) is 1.92. The lowest BCUT2D eigenvalue weighted by Gasteiger charge is -1.91. The summed E-state index contributed by atoms with van der Waals surface area (Å²) in [6.45, 7) is 2.66. The van der Waals surface area contributed by atoms with Gasteiger partial charge in [-0.05, 0) is 6.92 Å². The molecule has 14 heavy (non-hydrogen) atoms. The van der Waals surface area contributed by atoms with Gasteiger partial charge in [-0.15, -0.1) is 0 Å². The van der Waals surface area contributed by atoms with Crippen LogP contribution in [0.3, 0.4) is 0 Å². The Balaban J connectivity index is 2.73. The Morgan fingerprint density at radius 2 is 2.36 bits per heavy atom. The largest absolute Gasteiger partial charge is 0.297 e. The number of aromatic nitrogens is 2. The zero-order valence-corrected chi connectivity index (χ0v) is 7.67. The van der Waals surface area contributed by atoms with Crippen molar-refractivity contribution in [3.8, 4) is 0 Å². The maximum atomic E-state index is 10.7. The molecule has 0 unspecified atom stereocenters. The molecule has 1 aromatic heterocycles. The summed E-state index contributed by atoms with van der Waals surface area (Å²) in [6.07, 6.45) is 1.81. The van der Waals surface area contributed by atoms with Crippen molar-refractivity contribution in [3.05, 3.63) is 34.5 Å². The van der Waals surface area contributed by atoms with E-state index >= 15 is 0 Å². The molecule has 5 heteroatoms. The van der Waals surface area contributed by atoms with Crippen molar-refractivity contribution in [2.45, 2.75) is 13.5 Å². The normalized spacial score (nSPS) is 10.6. The van der Waals surface area contributed by atoms with E-state index < -0.39 is 4.92 Å². The number of non-ortho nitro benzene ring substituents is 1. The van der Waals surface area contributed by atoms with Crippen molar-refractivity contribution < 1.29 is 4.92 Å². The molecule has 1 heterocycles. The number of hydrogen-bond acceptors (Lipinski definition) is 3. The Hall–Kier alpha value is -1.91. The molecule has 0 fully saturated rings. The van der Waals surface area contributed by atoms with Gasteiger partial charge in [0.1, 0.15) is 0 Å². The van der Waals surface area contributed by atoms with Crippen LogP contribution < -0.4 is 0 Å². The zero-order chi connectivity index (χ0) is 10.1. The smallest absolute Gasteiger partial charge is 0.272 e. The topological polar surface area (TPSA) is 61.0 Å². The zero-order valence-electron chi connectivity index (χ0n) is 7.67. The van der Waals surface area contributed by atoms with Crippen LogP contribution in [0.25, 0.3) is 10.9 Å². The van der Waals surface area contributed by atoms with Gasteiger partial charge in [0.25, 0.3) is 5.69 Å². The number of nitro benzene ring substituents is 1. The molecule has 0 aliphatic carbocycles. The van der Waals surface area contributed by atoms with E-state index in [0.717, 1.165) is 5.39 Å². The van der Waals surface area contributed by atoms with Gasteiger partial charge >= 0.3 is 0 Å². The van der Waals surface area contributed by atoms with Crippen LogP contribution in [0.2, 0.25) is 0 Å². The molecule has 0 atom stereocenters. The summed E-state index contributed by atoms with van der Waals surface area (Å²) in [5.74, 6) is 0. The molecule has 0 saturated carbocycles. The molecule has 72 valence electrons. The number of hydrogen-bond donors (Lipinski definition) is 0. The minimum absolute atomic E-state index is 0.0645. The Morgan fingerprint density at radius 1 is 1.57 bits per heavy atom. The molecule has 5 nitrogen and oxygen atoms in total. The quantitative estimate of drug-likeness (QED) is 0.538. The van der Waals surface area contributed by atoms with Crippen LogP contribution in [-0.4, -0.2) is 14.7 Å². The van der Waals surface area contributed by atoms with Gasteiger partial charge < -0.3 is 0 Å². The fourth-order valence-corrected chi connectivity index (χ4v) is 1.39. The SMILES string of the molecule is CCn1cc2cccc([N+](=O)[O-])c2n1. The summed E-state index contributed by atoms with van der Waals surface area (Å²) < 4.78 is 1.69. The molecular formula is C9H9N3O2. The summed E-state index contributed by atoms with van der Waals surface area (Å²) in [6, 6.07) is 4.96. The summed E-state index contributed by atoms with van der Waals surface area (Å²) in [7, 11) is 0. The third-order valence-corrected chi connectivity index (χ3v) is 2.08. The van der Waals surface area contributed by atoms with Crippen LogP contribution in [0, 0.1) is 10.1 Å². The van der Waals surface area contributed by atoms with Gasteiger partial charge in [-0.1, -0.05) is 12.1 Å². The van der Waals surface area contributed by atoms with E-state index in [9.17, 15) is 10.1 Å². The number of aryl methyl sites for hydroxylation is 1. The van der Waals surface area contributed by atoms with Crippen molar-refractivity contribution in [1.82, 2.24) is 9.78 Å². The van der Waals surface area contributed by atoms with E-state index in [1.807, 2.05) is 19.2 Å². The summed E-state index contributed by atoms with van der Waals surface area (Å²) in [4.78, 5) is 10.3. The maximum absolute atomic E-state index is 10.7. The van der Waals surface area contributed by atoms with Gasteiger partial charge in [0.05, 0.1) is 4.92 Å². The number of fused-ring (bicyclic) bond motifs is 1. The van der Waals surface area contributed by atoms with Gasteiger partial charge in [-0.25, -0.2) is 0 Å². The number of rotatable bonds is 2. The Morgan fingerprint density at radius 3 is 3.00 bits per heavy atom. The second-order valence-electron chi connectivity index (χ2n) is 2.96. The third-order valence-electron chi connectivity index (χ3n) is 2.08. The number of benzene rings is 1. The van der Waals surface area contributed by atoms with Crippen molar-refractivity contribution in [2.75, 3.05) is 0 Å². The average Bonchev–Trinajstić information content (AvgIpc) is 2.59. The number of nitro groups is 1. The van der Waals surface area contributed by atoms with Crippen molar-refractivity contribution in [2.24, 2.45) is 0 Å². The fourth-order valence-electron chi connectivity index (χ4n) is 1.39. The molecule has 0 N–H and O–H groups in total. The molecule has 0 radical (unpaired) electrons. The first kappa shape index (κ1) is 8.68. The molecular weight excluding hydrogens is 182 g/mol. The molecule has 0 aliphatic rings. The highest BCUT2D eigenvalue weighted by Gasteiger charge is 2.13. The lowest BCUT2D eigenvalue weighted by molar-refractivity contribution is -0.383. The third kappa shape index (κ3) is 1.22. The van der Waals surface area contributed by atoms with E-state index in [0.29, 0.717) is 12.1 Å². The highest BCUT2D eigenvalue weighted by Crippen LogP contribution is 2.23. The second-order valence-corrected chi connectivity index (χ2v) is 2.96. The summed E-state index contributed by atoms with van der Waals surface area (Å²) in [5, 5.41) is 15.6.